The smallest absolute Gasteiger partial charge is 0.0525 e. The van der Waals surface area contributed by atoms with E-state index in [4.69, 9.17) is 0 Å². The normalized spacial score (nSPS) is 24.0. The van der Waals surface area contributed by atoms with E-state index in [1.54, 1.807) is 0 Å². The first-order valence-electron chi connectivity index (χ1n) is 6.69. The van der Waals surface area contributed by atoms with Crippen LogP contribution in [0.4, 0.5) is 0 Å². The zero-order chi connectivity index (χ0) is 10.8. The number of H-pyrrole nitrogens is 1. The predicted molar refractivity (Wildman–Crippen MR) is 64.6 cm³/mol. The van der Waals surface area contributed by atoms with Gasteiger partial charge in [0.25, 0.3) is 0 Å². The summed E-state index contributed by atoms with van der Waals surface area (Å²) in [7, 11) is 0. The molecule has 3 heteroatoms. The number of aromatic nitrogens is 2. The fourth-order valence-corrected chi connectivity index (χ4v) is 3.31. The van der Waals surface area contributed by atoms with Crippen LogP contribution in [0.5, 0.6) is 0 Å². The lowest BCUT2D eigenvalue weighted by Crippen LogP contribution is -2.27. The molecule has 1 saturated heterocycles. The number of aromatic amines is 1. The fourth-order valence-electron chi connectivity index (χ4n) is 3.31. The number of hydrogen-bond donors (Lipinski definition) is 2. The summed E-state index contributed by atoms with van der Waals surface area (Å²) in [5, 5.41) is 11.0. The second-order valence-corrected chi connectivity index (χ2v) is 5.24. The summed E-state index contributed by atoms with van der Waals surface area (Å²) < 4.78 is 0. The second-order valence-electron chi connectivity index (χ2n) is 5.24. The van der Waals surface area contributed by atoms with E-state index in [2.05, 4.69) is 21.7 Å². The van der Waals surface area contributed by atoms with Gasteiger partial charge >= 0.3 is 0 Å². The number of nitrogens with one attached hydrogen (secondary N) is 2. The van der Waals surface area contributed by atoms with E-state index in [1.165, 1.54) is 49.8 Å². The predicted octanol–water partition coefficient (Wildman–Crippen LogP) is 2.53. The van der Waals surface area contributed by atoms with E-state index in [-0.39, 0.29) is 0 Å². The molecule has 2 N–H and O–H groups in total. The molecule has 2 heterocycles. The van der Waals surface area contributed by atoms with Gasteiger partial charge in [0.2, 0.25) is 0 Å². The summed E-state index contributed by atoms with van der Waals surface area (Å²) in [6.45, 7) is 2.32. The minimum atomic E-state index is 0.722. The van der Waals surface area contributed by atoms with Crippen LogP contribution in [0, 0.1) is 0 Å². The Kier molecular flexibility index (Phi) is 2.96. The van der Waals surface area contributed by atoms with Crippen molar-refractivity contribution in [2.75, 3.05) is 13.1 Å². The molecule has 0 amide bonds. The van der Waals surface area contributed by atoms with Crippen molar-refractivity contribution in [2.24, 2.45) is 0 Å². The molecule has 88 valence electrons. The minimum Gasteiger partial charge on any atom is -0.317 e. The monoisotopic (exact) mass is 219 g/mol. The van der Waals surface area contributed by atoms with Gasteiger partial charge in [0, 0.05) is 11.6 Å². The lowest BCUT2D eigenvalue weighted by Gasteiger charge is -2.23. The third-order valence-corrected chi connectivity index (χ3v) is 4.24. The SMILES string of the molecule is c1n[nH]c(C2CCNCC2)c1C1CCCC1. The highest BCUT2D eigenvalue weighted by Crippen LogP contribution is 2.38. The summed E-state index contributed by atoms with van der Waals surface area (Å²) in [5.41, 5.74) is 2.98. The van der Waals surface area contributed by atoms with E-state index < -0.39 is 0 Å². The molecular weight excluding hydrogens is 198 g/mol. The van der Waals surface area contributed by atoms with Crippen LogP contribution in [0.25, 0.3) is 0 Å². The Morgan fingerprint density at radius 1 is 1.00 bits per heavy atom. The van der Waals surface area contributed by atoms with E-state index in [0.29, 0.717) is 0 Å². The van der Waals surface area contributed by atoms with Gasteiger partial charge < -0.3 is 5.32 Å². The maximum atomic E-state index is 4.30. The molecule has 2 aliphatic rings. The molecular formula is C13H21N3. The number of nitrogens with zero attached hydrogens (tertiary/aromatic N) is 1. The Morgan fingerprint density at radius 3 is 2.50 bits per heavy atom. The van der Waals surface area contributed by atoms with Gasteiger partial charge in [-0.05, 0) is 50.3 Å². The van der Waals surface area contributed by atoms with E-state index in [1.807, 2.05) is 0 Å². The number of piperidine rings is 1. The van der Waals surface area contributed by atoms with Gasteiger partial charge in [0.1, 0.15) is 0 Å². The highest BCUT2D eigenvalue weighted by atomic mass is 15.1. The molecule has 3 rings (SSSR count). The van der Waals surface area contributed by atoms with Gasteiger partial charge in [0.05, 0.1) is 6.20 Å². The molecule has 2 fully saturated rings. The van der Waals surface area contributed by atoms with E-state index in [0.717, 1.165) is 24.9 Å². The molecule has 0 spiro atoms. The number of hydrogen-bond acceptors (Lipinski definition) is 2. The molecule has 0 radical (unpaired) electrons. The van der Waals surface area contributed by atoms with Crippen LogP contribution in [0.1, 0.15) is 61.6 Å². The summed E-state index contributed by atoms with van der Waals surface area (Å²) in [5.74, 6) is 1.52. The molecule has 0 atom stereocenters. The summed E-state index contributed by atoms with van der Waals surface area (Å²) in [4.78, 5) is 0. The largest absolute Gasteiger partial charge is 0.317 e. The average Bonchev–Trinajstić information content (AvgIpc) is 3.01. The van der Waals surface area contributed by atoms with Crippen molar-refractivity contribution in [1.82, 2.24) is 15.5 Å². The third-order valence-electron chi connectivity index (χ3n) is 4.24. The van der Waals surface area contributed by atoms with Gasteiger partial charge in [-0.1, -0.05) is 12.8 Å². The highest BCUT2D eigenvalue weighted by Gasteiger charge is 2.25. The molecule has 1 aliphatic carbocycles. The minimum absolute atomic E-state index is 0.722. The first-order valence-corrected chi connectivity index (χ1v) is 6.69. The second kappa shape index (κ2) is 4.58. The van der Waals surface area contributed by atoms with Crippen molar-refractivity contribution in [3.8, 4) is 0 Å². The van der Waals surface area contributed by atoms with Crippen LogP contribution in [0.3, 0.4) is 0 Å². The lowest BCUT2D eigenvalue weighted by molar-refractivity contribution is 0.448. The molecule has 16 heavy (non-hydrogen) atoms. The van der Waals surface area contributed by atoms with Gasteiger partial charge in [-0.25, -0.2) is 0 Å². The zero-order valence-corrected chi connectivity index (χ0v) is 9.84. The van der Waals surface area contributed by atoms with Gasteiger partial charge in [-0.2, -0.15) is 5.10 Å². The highest BCUT2D eigenvalue weighted by molar-refractivity contribution is 5.26. The first-order chi connectivity index (χ1) is 7.95. The maximum absolute atomic E-state index is 4.30. The molecule has 1 aliphatic heterocycles. The van der Waals surface area contributed by atoms with Crippen molar-refractivity contribution in [3.05, 3.63) is 17.5 Å². The molecule has 3 nitrogen and oxygen atoms in total. The number of rotatable bonds is 2. The Bertz CT molecular complexity index is 333. The molecule has 1 aromatic heterocycles. The standard InChI is InChI=1S/C13H21N3/c1-2-4-10(3-1)12-9-15-16-13(12)11-5-7-14-8-6-11/h9-11,14H,1-8H2,(H,15,16). The summed E-state index contributed by atoms with van der Waals surface area (Å²) in [6.07, 6.45) is 10.2. The van der Waals surface area contributed by atoms with Gasteiger partial charge in [0.15, 0.2) is 0 Å². The summed E-state index contributed by atoms with van der Waals surface area (Å²) >= 11 is 0. The summed E-state index contributed by atoms with van der Waals surface area (Å²) in [6, 6.07) is 0. The van der Waals surface area contributed by atoms with Crippen LogP contribution in [0.15, 0.2) is 6.20 Å². The molecule has 1 aromatic rings. The van der Waals surface area contributed by atoms with Gasteiger partial charge in [-0.15, -0.1) is 0 Å². The van der Waals surface area contributed by atoms with Crippen molar-refractivity contribution in [3.63, 3.8) is 0 Å². The Hall–Kier alpha value is -0.830. The van der Waals surface area contributed by atoms with Crippen molar-refractivity contribution < 1.29 is 0 Å². The van der Waals surface area contributed by atoms with E-state index in [9.17, 15) is 0 Å². The Balaban J connectivity index is 1.80. The Labute approximate surface area is 97.0 Å². The van der Waals surface area contributed by atoms with Crippen molar-refractivity contribution in [2.45, 2.75) is 50.4 Å². The van der Waals surface area contributed by atoms with Crippen molar-refractivity contribution >= 4 is 0 Å². The van der Waals surface area contributed by atoms with Crippen LogP contribution in [0.2, 0.25) is 0 Å². The molecule has 0 unspecified atom stereocenters. The first kappa shape index (κ1) is 10.3. The topological polar surface area (TPSA) is 40.7 Å². The molecule has 0 bridgehead atoms. The van der Waals surface area contributed by atoms with Crippen LogP contribution >= 0.6 is 0 Å². The van der Waals surface area contributed by atoms with Gasteiger partial charge in [-0.3, -0.25) is 5.10 Å². The average molecular weight is 219 g/mol. The maximum Gasteiger partial charge on any atom is 0.0525 e. The van der Waals surface area contributed by atoms with Crippen LogP contribution in [-0.2, 0) is 0 Å². The Morgan fingerprint density at radius 2 is 1.75 bits per heavy atom. The van der Waals surface area contributed by atoms with E-state index >= 15 is 0 Å². The third kappa shape index (κ3) is 1.88. The molecule has 1 saturated carbocycles. The zero-order valence-electron chi connectivity index (χ0n) is 9.84. The molecule has 0 aromatic carbocycles. The quantitative estimate of drug-likeness (QED) is 0.802. The fraction of sp³-hybridized carbons (Fsp3) is 0.769. The van der Waals surface area contributed by atoms with Crippen LogP contribution in [-0.4, -0.2) is 23.3 Å². The lowest BCUT2D eigenvalue weighted by atomic mass is 9.87. The van der Waals surface area contributed by atoms with Crippen LogP contribution < -0.4 is 5.32 Å². The van der Waals surface area contributed by atoms with Crippen molar-refractivity contribution in [1.29, 1.82) is 0 Å².